The second-order valence-electron chi connectivity index (χ2n) is 7.26. The number of sulfone groups is 1. The number of ether oxygens (including phenoxy) is 2. The van der Waals surface area contributed by atoms with Gasteiger partial charge in [-0.3, -0.25) is 9.80 Å². The molecule has 0 radical (unpaired) electrons. The van der Waals surface area contributed by atoms with Gasteiger partial charge in [0.15, 0.2) is 0 Å². The van der Waals surface area contributed by atoms with Crippen molar-refractivity contribution in [3.63, 3.8) is 0 Å². The van der Waals surface area contributed by atoms with E-state index < -0.39 is 20.2 Å². The molecule has 1 fully saturated rings. The lowest BCUT2D eigenvalue weighted by Crippen LogP contribution is -2.48. The van der Waals surface area contributed by atoms with Crippen LogP contribution < -0.4 is 9.47 Å². The molecular formula is C21H24F4N2O4S. The standard InChI is InChI=1S/C21H24F4N2O4S/c22-17-4-6-18(7-5-17)30-14-12-26-8-10-27(11-9-26)13-15-31-19-2-1-3-20(16-19)32(28,29)21(23,24)25/h1-7,16H,8-15H2. The van der Waals surface area contributed by atoms with Crippen molar-refractivity contribution in [2.45, 2.75) is 10.4 Å². The van der Waals surface area contributed by atoms with Crippen LogP contribution in [0.25, 0.3) is 0 Å². The topological polar surface area (TPSA) is 59.1 Å². The molecule has 0 spiro atoms. The first-order valence-electron chi connectivity index (χ1n) is 10.0. The molecule has 0 aromatic heterocycles. The Labute approximate surface area is 184 Å². The highest BCUT2D eigenvalue weighted by Gasteiger charge is 2.46. The van der Waals surface area contributed by atoms with Crippen molar-refractivity contribution in [1.29, 1.82) is 0 Å². The fourth-order valence-electron chi connectivity index (χ4n) is 3.22. The van der Waals surface area contributed by atoms with Crippen molar-refractivity contribution in [2.75, 3.05) is 52.5 Å². The maximum atomic E-state index is 12.9. The smallest absolute Gasteiger partial charge is 0.492 e. The summed E-state index contributed by atoms with van der Waals surface area (Å²) in [5.41, 5.74) is -5.35. The maximum Gasteiger partial charge on any atom is 0.501 e. The molecule has 176 valence electrons. The van der Waals surface area contributed by atoms with Crippen molar-refractivity contribution in [3.8, 4) is 11.5 Å². The summed E-state index contributed by atoms with van der Waals surface area (Å²) in [5.74, 6) is 0.387. The third-order valence-corrected chi connectivity index (χ3v) is 6.54. The van der Waals surface area contributed by atoms with Crippen LogP contribution in [0.2, 0.25) is 0 Å². The molecule has 1 aliphatic rings. The highest BCUT2D eigenvalue weighted by Crippen LogP contribution is 2.31. The molecule has 1 heterocycles. The summed E-state index contributed by atoms with van der Waals surface area (Å²) in [6.07, 6.45) is 0. The van der Waals surface area contributed by atoms with E-state index in [4.69, 9.17) is 9.47 Å². The summed E-state index contributed by atoms with van der Waals surface area (Å²) in [6, 6.07) is 10.3. The maximum absolute atomic E-state index is 12.9. The number of halogens is 4. The highest BCUT2D eigenvalue weighted by molar-refractivity contribution is 7.92. The first-order chi connectivity index (χ1) is 15.1. The SMILES string of the molecule is O=S(=O)(c1cccc(OCCN2CCN(CCOc3ccc(F)cc3)CC2)c1)C(F)(F)F. The monoisotopic (exact) mass is 476 g/mol. The molecule has 0 unspecified atom stereocenters. The highest BCUT2D eigenvalue weighted by atomic mass is 32.2. The number of alkyl halides is 3. The summed E-state index contributed by atoms with van der Waals surface area (Å²) in [5, 5.41) is 0. The lowest BCUT2D eigenvalue weighted by atomic mass is 10.3. The molecular weight excluding hydrogens is 452 g/mol. The van der Waals surface area contributed by atoms with Gasteiger partial charge in [-0.2, -0.15) is 13.2 Å². The zero-order chi connectivity index (χ0) is 23.2. The van der Waals surface area contributed by atoms with Gasteiger partial charge in [0.25, 0.3) is 9.84 Å². The van der Waals surface area contributed by atoms with E-state index in [2.05, 4.69) is 9.80 Å². The number of benzene rings is 2. The van der Waals surface area contributed by atoms with Crippen LogP contribution in [0.15, 0.2) is 53.4 Å². The van der Waals surface area contributed by atoms with Crippen LogP contribution in [0, 0.1) is 5.82 Å². The second-order valence-corrected chi connectivity index (χ2v) is 9.20. The zero-order valence-electron chi connectivity index (χ0n) is 17.2. The predicted octanol–water partition coefficient (Wildman–Crippen LogP) is 3.19. The molecule has 1 aliphatic heterocycles. The molecule has 11 heteroatoms. The minimum Gasteiger partial charge on any atom is -0.492 e. The number of rotatable bonds is 9. The van der Waals surface area contributed by atoms with Gasteiger partial charge < -0.3 is 9.47 Å². The molecule has 2 aromatic carbocycles. The Morgan fingerprint density at radius 2 is 1.34 bits per heavy atom. The van der Waals surface area contributed by atoms with Gasteiger partial charge in [0, 0.05) is 39.3 Å². The molecule has 0 amide bonds. The van der Waals surface area contributed by atoms with E-state index in [0.29, 0.717) is 18.9 Å². The van der Waals surface area contributed by atoms with Crippen molar-refractivity contribution in [2.24, 2.45) is 0 Å². The first kappa shape index (κ1) is 24.3. The fraction of sp³-hybridized carbons (Fsp3) is 0.429. The van der Waals surface area contributed by atoms with Gasteiger partial charge >= 0.3 is 5.51 Å². The average Bonchev–Trinajstić information content (AvgIpc) is 2.76. The molecule has 3 rings (SSSR count). The van der Waals surface area contributed by atoms with Gasteiger partial charge in [0.1, 0.15) is 30.5 Å². The molecule has 32 heavy (non-hydrogen) atoms. The number of hydrogen-bond acceptors (Lipinski definition) is 6. The van der Waals surface area contributed by atoms with Gasteiger partial charge in [-0.1, -0.05) is 6.07 Å². The average molecular weight is 476 g/mol. The van der Waals surface area contributed by atoms with Crippen LogP contribution in [0.4, 0.5) is 17.6 Å². The van der Waals surface area contributed by atoms with Crippen molar-refractivity contribution < 1.29 is 35.5 Å². The number of nitrogens with zero attached hydrogens (tertiary/aromatic N) is 2. The van der Waals surface area contributed by atoms with E-state index in [-0.39, 0.29) is 18.2 Å². The van der Waals surface area contributed by atoms with E-state index >= 15 is 0 Å². The Bertz CT molecular complexity index is 976. The number of hydrogen-bond donors (Lipinski definition) is 0. The van der Waals surface area contributed by atoms with Crippen LogP contribution >= 0.6 is 0 Å². The predicted molar refractivity (Wildman–Crippen MR) is 110 cm³/mol. The quantitative estimate of drug-likeness (QED) is 0.519. The molecule has 0 N–H and O–H groups in total. The van der Waals surface area contributed by atoms with E-state index in [0.717, 1.165) is 44.9 Å². The molecule has 6 nitrogen and oxygen atoms in total. The summed E-state index contributed by atoms with van der Waals surface area (Å²) >= 11 is 0. The Kier molecular flexibility index (Phi) is 7.96. The molecule has 2 aromatic rings. The minimum absolute atomic E-state index is 0.0758. The Morgan fingerprint density at radius 3 is 1.88 bits per heavy atom. The Hall–Kier alpha value is -2.37. The second kappa shape index (κ2) is 10.5. The lowest BCUT2D eigenvalue weighted by molar-refractivity contribution is -0.0436. The van der Waals surface area contributed by atoms with Crippen LogP contribution in [-0.2, 0) is 9.84 Å². The van der Waals surface area contributed by atoms with Gasteiger partial charge in [-0.25, -0.2) is 12.8 Å². The normalized spacial score (nSPS) is 16.1. The third kappa shape index (κ3) is 6.57. The number of piperazine rings is 1. The first-order valence-corrected chi connectivity index (χ1v) is 11.5. The van der Waals surface area contributed by atoms with Crippen LogP contribution in [0.3, 0.4) is 0 Å². The lowest BCUT2D eigenvalue weighted by Gasteiger charge is -2.34. The van der Waals surface area contributed by atoms with E-state index in [1.54, 1.807) is 12.1 Å². The van der Waals surface area contributed by atoms with Crippen LogP contribution in [0.5, 0.6) is 11.5 Å². The van der Waals surface area contributed by atoms with E-state index in [1.807, 2.05) is 0 Å². The molecule has 1 saturated heterocycles. The molecule has 0 saturated carbocycles. The Balaban J connectivity index is 1.37. The van der Waals surface area contributed by atoms with E-state index in [9.17, 15) is 26.0 Å². The van der Waals surface area contributed by atoms with Crippen molar-refractivity contribution in [3.05, 3.63) is 54.3 Å². The zero-order valence-corrected chi connectivity index (χ0v) is 18.0. The fourth-order valence-corrected chi connectivity index (χ4v) is 4.01. The minimum atomic E-state index is -5.40. The summed E-state index contributed by atoms with van der Waals surface area (Å²) in [4.78, 5) is 3.57. The van der Waals surface area contributed by atoms with Crippen molar-refractivity contribution in [1.82, 2.24) is 9.80 Å². The Morgan fingerprint density at radius 1 is 0.812 bits per heavy atom. The van der Waals surface area contributed by atoms with Gasteiger partial charge in [-0.15, -0.1) is 0 Å². The molecule has 0 bridgehead atoms. The molecule has 0 atom stereocenters. The van der Waals surface area contributed by atoms with Crippen molar-refractivity contribution >= 4 is 9.84 Å². The molecule has 0 aliphatic carbocycles. The van der Waals surface area contributed by atoms with Crippen LogP contribution in [-0.4, -0.2) is 76.2 Å². The third-order valence-electron chi connectivity index (χ3n) is 5.05. The largest absolute Gasteiger partial charge is 0.501 e. The van der Waals surface area contributed by atoms with E-state index in [1.165, 1.54) is 24.3 Å². The van der Waals surface area contributed by atoms with Gasteiger partial charge in [0.2, 0.25) is 0 Å². The van der Waals surface area contributed by atoms with Gasteiger partial charge in [-0.05, 0) is 42.5 Å². The van der Waals surface area contributed by atoms with Crippen LogP contribution in [0.1, 0.15) is 0 Å². The summed E-state index contributed by atoms with van der Waals surface area (Å²) < 4.78 is 85.1. The van der Waals surface area contributed by atoms with Gasteiger partial charge in [0.05, 0.1) is 4.90 Å². The summed E-state index contributed by atoms with van der Waals surface area (Å²) in [6.45, 7) is 5.26. The summed E-state index contributed by atoms with van der Waals surface area (Å²) in [7, 11) is -5.40.